The van der Waals surface area contributed by atoms with Gasteiger partial charge in [-0.1, -0.05) is 0 Å². The molecule has 1 aromatic rings. The fraction of sp³-hybridized carbons (Fsp3) is 0.462. The highest BCUT2D eigenvalue weighted by molar-refractivity contribution is 5.95. The van der Waals surface area contributed by atoms with E-state index in [9.17, 15) is 14.7 Å². The van der Waals surface area contributed by atoms with Crippen molar-refractivity contribution in [3.8, 4) is 0 Å². The molecule has 6 heteroatoms. The Labute approximate surface area is 111 Å². The van der Waals surface area contributed by atoms with E-state index >= 15 is 0 Å². The molecule has 0 spiro atoms. The molecule has 1 aliphatic rings. The van der Waals surface area contributed by atoms with Crippen LogP contribution in [0.1, 0.15) is 23.7 Å². The Kier molecular flexibility index (Phi) is 3.42. The molecule has 1 atom stereocenters. The smallest absolute Gasteiger partial charge is 0.341 e. The van der Waals surface area contributed by atoms with Crippen molar-refractivity contribution in [2.24, 2.45) is 5.41 Å². The molecule has 1 fully saturated rings. The molecule has 1 unspecified atom stereocenters. The maximum atomic E-state index is 11.7. The molecule has 2 rings (SSSR count). The van der Waals surface area contributed by atoms with Gasteiger partial charge in [-0.05, 0) is 25.5 Å². The minimum atomic E-state index is -0.828. The van der Waals surface area contributed by atoms with Crippen molar-refractivity contribution in [2.45, 2.75) is 13.3 Å². The first kappa shape index (κ1) is 13.3. The molecule has 1 saturated heterocycles. The van der Waals surface area contributed by atoms with E-state index in [2.05, 4.69) is 4.98 Å². The van der Waals surface area contributed by atoms with Gasteiger partial charge in [-0.2, -0.15) is 0 Å². The first-order chi connectivity index (χ1) is 8.98. The highest BCUT2D eigenvalue weighted by Crippen LogP contribution is 2.33. The van der Waals surface area contributed by atoms with Gasteiger partial charge in [0.1, 0.15) is 11.4 Å². The summed E-state index contributed by atoms with van der Waals surface area (Å²) in [5, 5.41) is 9.22. The zero-order chi connectivity index (χ0) is 14.0. The number of nitrogens with zero attached hydrogens (tertiary/aromatic N) is 2. The molecular weight excluding hydrogens is 248 g/mol. The van der Waals surface area contributed by atoms with E-state index in [1.807, 2.05) is 4.90 Å². The topological polar surface area (TPSA) is 79.7 Å². The number of carboxylic acids is 1. The lowest BCUT2D eigenvalue weighted by Crippen LogP contribution is -2.32. The summed E-state index contributed by atoms with van der Waals surface area (Å²) in [7, 11) is 1.31. The van der Waals surface area contributed by atoms with Gasteiger partial charge in [-0.25, -0.2) is 9.78 Å². The number of hydrogen-bond donors (Lipinski definition) is 1. The van der Waals surface area contributed by atoms with Crippen LogP contribution in [0.3, 0.4) is 0 Å². The molecule has 0 aliphatic carbocycles. The van der Waals surface area contributed by atoms with E-state index < -0.39 is 17.4 Å². The van der Waals surface area contributed by atoms with Crippen LogP contribution in [0.15, 0.2) is 18.3 Å². The first-order valence-corrected chi connectivity index (χ1v) is 5.99. The van der Waals surface area contributed by atoms with Gasteiger partial charge in [0.05, 0.1) is 12.5 Å². The molecule has 0 aromatic carbocycles. The molecule has 1 aromatic heterocycles. The van der Waals surface area contributed by atoms with Crippen molar-refractivity contribution >= 4 is 17.8 Å². The third-order valence-electron chi connectivity index (χ3n) is 3.48. The molecule has 1 N–H and O–H groups in total. The maximum absolute atomic E-state index is 11.7. The Morgan fingerprint density at radius 3 is 2.84 bits per heavy atom. The van der Waals surface area contributed by atoms with Gasteiger partial charge in [0.15, 0.2) is 0 Å². The van der Waals surface area contributed by atoms with Crippen molar-refractivity contribution in [3.63, 3.8) is 0 Å². The fourth-order valence-corrected chi connectivity index (χ4v) is 2.23. The average Bonchev–Trinajstić information content (AvgIpc) is 2.82. The quantitative estimate of drug-likeness (QED) is 0.825. The van der Waals surface area contributed by atoms with E-state index in [-0.39, 0.29) is 0 Å². The van der Waals surface area contributed by atoms with Gasteiger partial charge < -0.3 is 14.7 Å². The van der Waals surface area contributed by atoms with Crippen molar-refractivity contribution < 1.29 is 19.4 Å². The Morgan fingerprint density at radius 2 is 2.26 bits per heavy atom. The van der Waals surface area contributed by atoms with Gasteiger partial charge in [-0.3, -0.25) is 4.79 Å². The number of pyridine rings is 1. The second-order valence-corrected chi connectivity index (χ2v) is 4.90. The van der Waals surface area contributed by atoms with E-state index in [4.69, 9.17) is 4.74 Å². The Balaban J connectivity index is 2.30. The SMILES string of the molecule is COC(=O)c1cccnc1N1CCC(C)(C(=O)O)C1. The number of rotatable bonds is 3. The van der Waals surface area contributed by atoms with E-state index in [1.54, 1.807) is 25.3 Å². The van der Waals surface area contributed by atoms with Gasteiger partial charge in [0.25, 0.3) is 0 Å². The summed E-state index contributed by atoms with van der Waals surface area (Å²) >= 11 is 0. The van der Waals surface area contributed by atoms with Crippen molar-refractivity contribution in [1.29, 1.82) is 0 Å². The lowest BCUT2D eigenvalue weighted by molar-refractivity contribution is -0.146. The number of methoxy groups -OCH3 is 1. The largest absolute Gasteiger partial charge is 0.481 e. The van der Waals surface area contributed by atoms with E-state index in [1.165, 1.54) is 7.11 Å². The molecule has 1 aliphatic heterocycles. The number of aromatic nitrogens is 1. The third kappa shape index (κ3) is 2.38. The predicted octanol–water partition coefficient (Wildman–Crippen LogP) is 1.17. The Morgan fingerprint density at radius 1 is 1.53 bits per heavy atom. The molecule has 102 valence electrons. The third-order valence-corrected chi connectivity index (χ3v) is 3.48. The number of aliphatic carboxylic acids is 1. The van der Waals surface area contributed by atoms with Gasteiger partial charge >= 0.3 is 11.9 Å². The molecule has 0 amide bonds. The number of ether oxygens (including phenoxy) is 1. The molecule has 2 heterocycles. The lowest BCUT2D eigenvalue weighted by Gasteiger charge is -2.22. The molecule has 19 heavy (non-hydrogen) atoms. The molecule has 0 saturated carbocycles. The van der Waals surface area contributed by atoms with Gasteiger partial charge in [0.2, 0.25) is 0 Å². The van der Waals surface area contributed by atoms with Crippen LogP contribution in [0.4, 0.5) is 5.82 Å². The van der Waals surface area contributed by atoms with Gasteiger partial charge in [0, 0.05) is 19.3 Å². The number of carbonyl (C=O) groups is 2. The summed E-state index contributed by atoms with van der Waals surface area (Å²) in [5.74, 6) is -0.808. The van der Waals surface area contributed by atoms with E-state index in [0.29, 0.717) is 30.9 Å². The van der Waals surface area contributed by atoms with Crippen molar-refractivity contribution in [2.75, 3.05) is 25.1 Å². The number of esters is 1. The fourth-order valence-electron chi connectivity index (χ4n) is 2.23. The summed E-state index contributed by atoms with van der Waals surface area (Å²) in [5.41, 5.74) is -0.440. The number of carbonyl (C=O) groups excluding carboxylic acids is 1. The Bertz CT molecular complexity index is 517. The highest BCUT2D eigenvalue weighted by Gasteiger charge is 2.41. The number of anilines is 1. The zero-order valence-electron chi connectivity index (χ0n) is 10.9. The standard InChI is InChI=1S/C13H16N2O4/c1-13(12(17)18)5-7-15(8-13)10-9(11(16)19-2)4-3-6-14-10/h3-4,6H,5,7-8H2,1-2H3,(H,17,18). The second-order valence-electron chi connectivity index (χ2n) is 4.90. The molecule has 0 bridgehead atoms. The molecular formula is C13H16N2O4. The summed E-state index contributed by atoms with van der Waals surface area (Å²) in [4.78, 5) is 28.9. The van der Waals surface area contributed by atoms with Crippen LogP contribution < -0.4 is 4.90 Å². The number of carboxylic acid groups (broad SMARTS) is 1. The minimum absolute atomic E-state index is 0.337. The summed E-state index contributed by atoms with van der Waals surface area (Å²) < 4.78 is 4.71. The lowest BCUT2D eigenvalue weighted by atomic mass is 9.90. The van der Waals surface area contributed by atoms with Crippen LogP contribution in [-0.4, -0.2) is 42.2 Å². The van der Waals surface area contributed by atoms with Crippen molar-refractivity contribution in [3.05, 3.63) is 23.9 Å². The monoisotopic (exact) mass is 264 g/mol. The highest BCUT2D eigenvalue weighted by atomic mass is 16.5. The van der Waals surface area contributed by atoms with Gasteiger partial charge in [-0.15, -0.1) is 0 Å². The zero-order valence-corrected chi connectivity index (χ0v) is 10.9. The van der Waals surface area contributed by atoms with Crippen molar-refractivity contribution in [1.82, 2.24) is 4.98 Å². The molecule has 6 nitrogen and oxygen atoms in total. The van der Waals surface area contributed by atoms with Crippen LogP contribution in [0.2, 0.25) is 0 Å². The summed E-state index contributed by atoms with van der Waals surface area (Å²) in [6, 6.07) is 3.28. The average molecular weight is 264 g/mol. The van der Waals surface area contributed by atoms with Crippen LogP contribution >= 0.6 is 0 Å². The van der Waals surface area contributed by atoms with E-state index in [0.717, 1.165) is 0 Å². The number of hydrogen-bond acceptors (Lipinski definition) is 5. The van der Waals surface area contributed by atoms with Crippen LogP contribution in [0.5, 0.6) is 0 Å². The second kappa shape index (κ2) is 4.87. The van der Waals surface area contributed by atoms with Crippen LogP contribution in [-0.2, 0) is 9.53 Å². The predicted molar refractivity (Wildman–Crippen MR) is 68.1 cm³/mol. The normalized spacial score (nSPS) is 22.3. The van der Waals surface area contributed by atoms with Crippen LogP contribution in [0, 0.1) is 5.41 Å². The van der Waals surface area contributed by atoms with Crippen LogP contribution in [0.25, 0.3) is 0 Å². The Hall–Kier alpha value is -2.11. The summed E-state index contributed by atoms with van der Waals surface area (Å²) in [6.45, 7) is 2.60. The minimum Gasteiger partial charge on any atom is -0.481 e. The molecule has 0 radical (unpaired) electrons. The first-order valence-electron chi connectivity index (χ1n) is 5.99. The maximum Gasteiger partial charge on any atom is 0.341 e. The summed E-state index contributed by atoms with van der Waals surface area (Å²) in [6.07, 6.45) is 2.11.